The van der Waals surface area contributed by atoms with Crippen LogP contribution in [0.2, 0.25) is 5.15 Å². The minimum absolute atomic E-state index is 0.227. The third-order valence-electron chi connectivity index (χ3n) is 3.48. The van der Waals surface area contributed by atoms with E-state index >= 15 is 0 Å². The highest BCUT2D eigenvalue weighted by molar-refractivity contribution is 6.29. The fourth-order valence-electron chi connectivity index (χ4n) is 2.55. The van der Waals surface area contributed by atoms with E-state index in [1.54, 1.807) is 6.07 Å². The van der Waals surface area contributed by atoms with Crippen molar-refractivity contribution in [3.63, 3.8) is 0 Å². The second-order valence-electron chi connectivity index (χ2n) is 4.75. The zero-order chi connectivity index (χ0) is 13.2. The van der Waals surface area contributed by atoms with Gasteiger partial charge in [0, 0.05) is 25.1 Å². The van der Waals surface area contributed by atoms with Gasteiger partial charge in [-0.25, -0.2) is 4.98 Å². The van der Waals surface area contributed by atoms with Gasteiger partial charge >= 0.3 is 0 Å². The summed E-state index contributed by atoms with van der Waals surface area (Å²) >= 11 is 5.92. The van der Waals surface area contributed by atoms with Crippen LogP contribution in [0.5, 0.6) is 0 Å². The summed E-state index contributed by atoms with van der Waals surface area (Å²) in [6.07, 6.45) is 1.12. The van der Waals surface area contributed by atoms with Gasteiger partial charge in [-0.2, -0.15) is 4.98 Å². The number of nitrogens with zero attached hydrogens (tertiary/aromatic N) is 3. The SMILES string of the molecule is Nc1nc(Cl)cc(N2CC[C@H](c3ccccc3)C2)n1. The van der Waals surface area contributed by atoms with Crippen LogP contribution in [0, 0.1) is 0 Å². The molecule has 19 heavy (non-hydrogen) atoms. The van der Waals surface area contributed by atoms with Crippen LogP contribution in [0.4, 0.5) is 11.8 Å². The van der Waals surface area contributed by atoms with Crippen LogP contribution in [0.15, 0.2) is 36.4 Å². The predicted molar refractivity (Wildman–Crippen MR) is 77.5 cm³/mol. The van der Waals surface area contributed by atoms with Crippen molar-refractivity contribution in [2.24, 2.45) is 0 Å². The molecule has 0 spiro atoms. The number of nitrogens with two attached hydrogens (primary N) is 1. The molecule has 0 aliphatic carbocycles. The van der Waals surface area contributed by atoms with E-state index in [-0.39, 0.29) is 5.95 Å². The maximum atomic E-state index is 5.92. The molecule has 0 saturated carbocycles. The lowest BCUT2D eigenvalue weighted by atomic mass is 9.99. The Kier molecular flexibility index (Phi) is 3.25. The minimum Gasteiger partial charge on any atom is -0.368 e. The van der Waals surface area contributed by atoms with Crippen molar-refractivity contribution in [1.29, 1.82) is 0 Å². The van der Waals surface area contributed by atoms with Gasteiger partial charge in [0.2, 0.25) is 5.95 Å². The largest absolute Gasteiger partial charge is 0.368 e. The summed E-state index contributed by atoms with van der Waals surface area (Å²) in [5, 5.41) is 0.394. The lowest BCUT2D eigenvalue weighted by Crippen LogP contribution is -2.21. The number of halogens is 1. The third kappa shape index (κ3) is 2.63. The highest BCUT2D eigenvalue weighted by atomic mass is 35.5. The van der Waals surface area contributed by atoms with Gasteiger partial charge < -0.3 is 10.6 Å². The fourth-order valence-corrected chi connectivity index (χ4v) is 2.73. The molecule has 1 aliphatic rings. The van der Waals surface area contributed by atoms with Crippen LogP contribution in [0.3, 0.4) is 0 Å². The van der Waals surface area contributed by atoms with E-state index in [1.807, 2.05) is 6.07 Å². The maximum Gasteiger partial charge on any atom is 0.223 e. The third-order valence-corrected chi connectivity index (χ3v) is 3.68. The first-order valence-electron chi connectivity index (χ1n) is 6.32. The number of nitrogen functional groups attached to an aromatic ring is 1. The van der Waals surface area contributed by atoms with Gasteiger partial charge in [-0.1, -0.05) is 41.9 Å². The average molecular weight is 275 g/mol. The van der Waals surface area contributed by atoms with Crippen molar-refractivity contribution in [3.05, 3.63) is 47.1 Å². The van der Waals surface area contributed by atoms with E-state index in [4.69, 9.17) is 17.3 Å². The Morgan fingerprint density at radius 1 is 1.21 bits per heavy atom. The van der Waals surface area contributed by atoms with E-state index < -0.39 is 0 Å². The first-order chi connectivity index (χ1) is 9.22. The van der Waals surface area contributed by atoms with Gasteiger partial charge in [0.1, 0.15) is 11.0 Å². The van der Waals surface area contributed by atoms with Gasteiger partial charge in [0.15, 0.2) is 0 Å². The molecule has 0 bridgehead atoms. The first kappa shape index (κ1) is 12.2. The molecule has 2 aromatic rings. The lowest BCUT2D eigenvalue weighted by molar-refractivity contribution is 0.774. The van der Waals surface area contributed by atoms with Crippen molar-refractivity contribution in [3.8, 4) is 0 Å². The zero-order valence-corrected chi connectivity index (χ0v) is 11.2. The molecule has 3 rings (SSSR count). The van der Waals surface area contributed by atoms with E-state index in [0.717, 1.165) is 25.3 Å². The van der Waals surface area contributed by atoms with E-state index in [9.17, 15) is 0 Å². The summed E-state index contributed by atoms with van der Waals surface area (Å²) in [6, 6.07) is 12.3. The van der Waals surface area contributed by atoms with Crippen molar-refractivity contribution in [1.82, 2.24) is 9.97 Å². The Labute approximate surface area is 117 Å². The average Bonchev–Trinajstić information content (AvgIpc) is 2.88. The minimum atomic E-state index is 0.227. The van der Waals surface area contributed by atoms with E-state index in [2.05, 4.69) is 39.1 Å². The number of hydrogen-bond donors (Lipinski definition) is 1. The highest BCUT2D eigenvalue weighted by Gasteiger charge is 2.25. The Morgan fingerprint density at radius 2 is 2.00 bits per heavy atom. The summed E-state index contributed by atoms with van der Waals surface area (Å²) in [5.74, 6) is 1.58. The normalized spacial score (nSPS) is 18.8. The number of hydrogen-bond acceptors (Lipinski definition) is 4. The van der Waals surface area contributed by atoms with Gasteiger partial charge in [-0.15, -0.1) is 0 Å². The molecule has 1 fully saturated rings. The Hall–Kier alpha value is -1.81. The summed E-state index contributed by atoms with van der Waals surface area (Å²) in [4.78, 5) is 10.4. The molecule has 1 atom stereocenters. The van der Waals surface area contributed by atoms with Crippen LogP contribution in [0.1, 0.15) is 17.9 Å². The molecule has 1 aromatic carbocycles. The lowest BCUT2D eigenvalue weighted by Gasteiger charge is -2.18. The molecular weight excluding hydrogens is 260 g/mol. The number of rotatable bonds is 2. The highest BCUT2D eigenvalue weighted by Crippen LogP contribution is 2.30. The topological polar surface area (TPSA) is 55.0 Å². The molecule has 1 aromatic heterocycles. The Morgan fingerprint density at radius 3 is 2.74 bits per heavy atom. The molecule has 5 heteroatoms. The van der Waals surface area contributed by atoms with E-state index in [1.165, 1.54) is 5.56 Å². The summed E-state index contributed by atoms with van der Waals surface area (Å²) in [7, 11) is 0. The summed E-state index contributed by atoms with van der Waals surface area (Å²) in [6.45, 7) is 1.91. The predicted octanol–water partition coefficient (Wildman–Crippen LogP) is 2.71. The molecule has 1 aliphatic heterocycles. The molecule has 1 saturated heterocycles. The Bertz CT molecular complexity index is 553. The Balaban J connectivity index is 1.79. The molecular formula is C14H15ClN4. The molecule has 0 radical (unpaired) electrons. The fraction of sp³-hybridized carbons (Fsp3) is 0.286. The van der Waals surface area contributed by atoms with Crippen LogP contribution in [-0.4, -0.2) is 23.1 Å². The molecule has 2 N–H and O–H groups in total. The number of aromatic nitrogens is 2. The molecule has 2 heterocycles. The first-order valence-corrected chi connectivity index (χ1v) is 6.70. The standard InChI is InChI=1S/C14H15ClN4/c15-12-8-13(18-14(16)17-12)19-7-6-11(9-19)10-4-2-1-3-5-10/h1-5,8,11H,6-7,9H2,(H2,16,17,18)/t11-/m0/s1. The van der Waals surface area contributed by atoms with Gasteiger partial charge in [-0.05, 0) is 12.0 Å². The van der Waals surface area contributed by atoms with Crippen LogP contribution in [0.25, 0.3) is 0 Å². The zero-order valence-electron chi connectivity index (χ0n) is 10.5. The molecule has 0 unspecified atom stereocenters. The van der Waals surface area contributed by atoms with Gasteiger partial charge in [-0.3, -0.25) is 0 Å². The van der Waals surface area contributed by atoms with Gasteiger partial charge in [0.25, 0.3) is 0 Å². The van der Waals surface area contributed by atoms with Gasteiger partial charge in [0.05, 0.1) is 0 Å². The van der Waals surface area contributed by atoms with Crippen molar-refractivity contribution in [2.75, 3.05) is 23.7 Å². The molecule has 98 valence electrons. The quantitative estimate of drug-likeness (QED) is 0.856. The van der Waals surface area contributed by atoms with Crippen molar-refractivity contribution >= 4 is 23.4 Å². The van der Waals surface area contributed by atoms with Crippen LogP contribution in [-0.2, 0) is 0 Å². The van der Waals surface area contributed by atoms with Crippen molar-refractivity contribution < 1.29 is 0 Å². The van der Waals surface area contributed by atoms with E-state index in [0.29, 0.717) is 11.1 Å². The maximum absolute atomic E-state index is 5.92. The van der Waals surface area contributed by atoms with Crippen LogP contribution < -0.4 is 10.6 Å². The smallest absolute Gasteiger partial charge is 0.223 e. The second kappa shape index (κ2) is 5.05. The van der Waals surface area contributed by atoms with Crippen LogP contribution >= 0.6 is 11.6 Å². The monoisotopic (exact) mass is 274 g/mol. The number of anilines is 2. The van der Waals surface area contributed by atoms with Crippen molar-refractivity contribution in [2.45, 2.75) is 12.3 Å². The summed E-state index contributed by atoms with van der Waals surface area (Å²) < 4.78 is 0. The molecule has 0 amide bonds. The summed E-state index contributed by atoms with van der Waals surface area (Å²) in [5.41, 5.74) is 7.01. The number of benzene rings is 1. The molecule has 4 nitrogen and oxygen atoms in total. The second-order valence-corrected chi connectivity index (χ2v) is 5.14.